The molecule has 0 aliphatic heterocycles. The van der Waals surface area contributed by atoms with E-state index in [4.69, 9.17) is 11.6 Å². The van der Waals surface area contributed by atoms with Crippen molar-refractivity contribution >= 4 is 17.5 Å². The van der Waals surface area contributed by atoms with Gasteiger partial charge in [0, 0.05) is 24.0 Å². The zero-order valence-corrected chi connectivity index (χ0v) is 11.7. The normalized spacial score (nSPS) is 10.7. The van der Waals surface area contributed by atoms with Gasteiger partial charge in [0.1, 0.15) is 0 Å². The summed E-state index contributed by atoms with van der Waals surface area (Å²) in [5, 5.41) is 0. The third-order valence-corrected chi connectivity index (χ3v) is 3.21. The Hall–Kier alpha value is -1.02. The van der Waals surface area contributed by atoms with Crippen molar-refractivity contribution in [2.45, 2.75) is 33.7 Å². The third kappa shape index (κ3) is 3.22. The topological polar surface area (TPSA) is 20.3 Å². The minimum Gasteiger partial charge on any atom is -0.335 e. The Morgan fingerprint density at radius 3 is 2.53 bits per heavy atom. The van der Waals surface area contributed by atoms with Gasteiger partial charge in [0.05, 0.1) is 0 Å². The van der Waals surface area contributed by atoms with Gasteiger partial charge in [-0.1, -0.05) is 12.1 Å². The molecule has 3 heteroatoms. The van der Waals surface area contributed by atoms with E-state index in [0.717, 1.165) is 16.7 Å². The molecule has 94 valence electrons. The van der Waals surface area contributed by atoms with Crippen LogP contribution in [0.4, 0.5) is 0 Å². The van der Waals surface area contributed by atoms with Crippen molar-refractivity contribution in [3.05, 3.63) is 34.9 Å². The predicted octanol–water partition coefficient (Wildman–Crippen LogP) is 3.39. The van der Waals surface area contributed by atoms with Crippen LogP contribution in [-0.2, 0) is 0 Å². The molecule has 0 saturated heterocycles. The van der Waals surface area contributed by atoms with Gasteiger partial charge in [-0.3, -0.25) is 4.79 Å². The molecule has 0 saturated carbocycles. The van der Waals surface area contributed by atoms with Gasteiger partial charge in [-0.25, -0.2) is 0 Å². The number of rotatable bonds is 4. The quantitative estimate of drug-likeness (QED) is 0.754. The van der Waals surface area contributed by atoms with Crippen molar-refractivity contribution < 1.29 is 4.79 Å². The van der Waals surface area contributed by atoms with Gasteiger partial charge in [0.15, 0.2) is 0 Å². The lowest BCUT2D eigenvalue weighted by Gasteiger charge is -2.26. The Kier molecular flexibility index (Phi) is 5.01. The summed E-state index contributed by atoms with van der Waals surface area (Å²) in [6, 6.07) is 6.00. The number of aryl methyl sites for hydroxylation is 1. The lowest BCUT2D eigenvalue weighted by atomic mass is 10.0. The van der Waals surface area contributed by atoms with Gasteiger partial charge < -0.3 is 4.90 Å². The van der Waals surface area contributed by atoms with Crippen LogP contribution >= 0.6 is 11.6 Å². The van der Waals surface area contributed by atoms with Gasteiger partial charge in [0.2, 0.25) is 0 Å². The van der Waals surface area contributed by atoms with E-state index in [1.54, 1.807) is 0 Å². The van der Waals surface area contributed by atoms with Crippen molar-refractivity contribution in [1.29, 1.82) is 0 Å². The second-order valence-corrected chi connectivity index (χ2v) is 4.91. The Morgan fingerprint density at radius 1 is 1.35 bits per heavy atom. The molecule has 2 nitrogen and oxygen atoms in total. The van der Waals surface area contributed by atoms with Crippen molar-refractivity contribution in [1.82, 2.24) is 4.90 Å². The smallest absolute Gasteiger partial charge is 0.254 e. The minimum absolute atomic E-state index is 0.0712. The molecule has 17 heavy (non-hydrogen) atoms. The SMILES string of the molecule is Cc1cccc(C(=O)N(CCCl)C(C)C)c1C. The summed E-state index contributed by atoms with van der Waals surface area (Å²) in [7, 11) is 0. The summed E-state index contributed by atoms with van der Waals surface area (Å²) in [6.45, 7) is 8.62. The van der Waals surface area contributed by atoms with Crippen LogP contribution in [-0.4, -0.2) is 29.3 Å². The van der Waals surface area contributed by atoms with E-state index in [0.29, 0.717) is 12.4 Å². The maximum Gasteiger partial charge on any atom is 0.254 e. The van der Waals surface area contributed by atoms with Crippen LogP contribution < -0.4 is 0 Å². The van der Waals surface area contributed by atoms with E-state index in [-0.39, 0.29) is 11.9 Å². The van der Waals surface area contributed by atoms with E-state index < -0.39 is 0 Å². The van der Waals surface area contributed by atoms with E-state index >= 15 is 0 Å². The van der Waals surface area contributed by atoms with Gasteiger partial charge >= 0.3 is 0 Å². The summed E-state index contributed by atoms with van der Waals surface area (Å²) in [4.78, 5) is 14.2. The first-order chi connectivity index (χ1) is 7.99. The van der Waals surface area contributed by atoms with Gasteiger partial charge in [-0.2, -0.15) is 0 Å². The second kappa shape index (κ2) is 6.06. The first-order valence-corrected chi connectivity index (χ1v) is 6.45. The number of carbonyl (C=O) groups excluding carboxylic acids is 1. The number of halogens is 1. The van der Waals surface area contributed by atoms with Crippen molar-refractivity contribution in [2.75, 3.05) is 12.4 Å². The molecule has 1 amide bonds. The monoisotopic (exact) mass is 253 g/mol. The second-order valence-electron chi connectivity index (χ2n) is 4.53. The molecule has 1 aromatic rings. The molecule has 0 aliphatic carbocycles. The average molecular weight is 254 g/mol. The van der Waals surface area contributed by atoms with Gasteiger partial charge in [0.25, 0.3) is 5.91 Å². The highest BCUT2D eigenvalue weighted by atomic mass is 35.5. The molecule has 0 aromatic heterocycles. The van der Waals surface area contributed by atoms with Gasteiger partial charge in [-0.15, -0.1) is 11.6 Å². The highest BCUT2D eigenvalue weighted by molar-refractivity contribution is 6.18. The number of nitrogens with zero attached hydrogens (tertiary/aromatic N) is 1. The standard InChI is InChI=1S/C14H20ClNO/c1-10(2)16(9-8-15)14(17)13-7-5-6-11(3)12(13)4/h5-7,10H,8-9H2,1-4H3. The molecule has 0 atom stereocenters. The van der Waals surface area contributed by atoms with E-state index in [9.17, 15) is 4.79 Å². The first-order valence-electron chi connectivity index (χ1n) is 5.92. The highest BCUT2D eigenvalue weighted by Crippen LogP contribution is 2.16. The highest BCUT2D eigenvalue weighted by Gasteiger charge is 2.19. The molecule has 0 aliphatic rings. The molecule has 0 heterocycles. The lowest BCUT2D eigenvalue weighted by molar-refractivity contribution is 0.0717. The minimum atomic E-state index is 0.0712. The summed E-state index contributed by atoms with van der Waals surface area (Å²) < 4.78 is 0. The maximum atomic E-state index is 12.4. The van der Waals surface area contributed by atoms with E-state index in [2.05, 4.69) is 0 Å². The zero-order valence-electron chi connectivity index (χ0n) is 11.0. The Bertz CT molecular complexity index is 401. The Morgan fingerprint density at radius 2 is 2.00 bits per heavy atom. The van der Waals surface area contributed by atoms with Crippen LogP contribution in [0.25, 0.3) is 0 Å². The zero-order chi connectivity index (χ0) is 13.0. The molecular formula is C14H20ClNO. The largest absolute Gasteiger partial charge is 0.335 e. The van der Waals surface area contributed by atoms with Gasteiger partial charge in [-0.05, 0) is 44.9 Å². The predicted molar refractivity (Wildman–Crippen MR) is 72.8 cm³/mol. The van der Waals surface area contributed by atoms with Crippen molar-refractivity contribution in [2.24, 2.45) is 0 Å². The fourth-order valence-corrected chi connectivity index (χ4v) is 2.00. The molecule has 1 aromatic carbocycles. The number of hydrogen-bond donors (Lipinski definition) is 0. The van der Waals surface area contributed by atoms with E-state index in [1.807, 2.05) is 50.8 Å². The molecular weight excluding hydrogens is 234 g/mol. The van der Waals surface area contributed by atoms with Crippen LogP contribution in [0.5, 0.6) is 0 Å². The van der Waals surface area contributed by atoms with E-state index in [1.165, 1.54) is 0 Å². The van der Waals surface area contributed by atoms with Crippen LogP contribution in [0, 0.1) is 13.8 Å². The first kappa shape index (κ1) is 14.0. The van der Waals surface area contributed by atoms with Crippen LogP contribution in [0.1, 0.15) is 35.3 Å². The number of benzene rings is 1. The molecule has 1 rings (SSSR count). The number of amides is 1. The summed E-state index contributed by atoms with van der Waals surface area (Å²) in [5.41, 5.74) is 2.98. The molecule has 0 unspecified atom stereocenters. The van der Waals surface area contributed by atoms with Crippen LogP contribution in [0.2, 0.25) is 0 Å². The molecule has 0 spiro atoms. The average Bonchev–Trinajstić information content (AvgIpc) is 2.28. The summed E-state index contributed by atoms with van der Waals surface area (Å²) >= 11 is 5.75. The third-order valence-electron chi connectivity index (χ3n) is 3.04. The number of hydrogen-bond acceptors (Lipinski definition) is 1. The van der Waals surface area contributed by atoms with Crippen molar-refractivity contribution in [3.63, 3.8) is 0 Å². The fourth-order valence-electron chi connectivity index (χ4n) is 1.82. The maximum absolute atomic E-state index is 12.4. The van der Waals surface area contributed by atoms with Crippen LogP contribution in [0.3, 0.4) is 0 Å². The van der Waals surface area contributed by atoms with Crippen LogP contribution in [0.15, 0.2) is 18.2 Å². The molecule has 0 fully saturated rings. The molecule has 0 bridgehead atoms. The summed E-state index contributed by atoms with van der Waals surface area (Å²) in [6.07, 6.45) is 0. The fraction of sp³-hybridized carbons (Fsp3) is 0.500. The number of carbonyl (C=O) groups is 1. The Labute approximate surface area is 109 Å². The lowest BCUT2D eigenvalue weighted by Crippen LogP contribution is -2.38. The summed E-state index contributed by atoms with van der Waals surface area (Å²) in [5.74, 6) is 0.538. The Balaban J connectivity index is 3.05. The number of alkyl halides is 1. The molecule has 0 N–H and O–H groups in total. The van der Waals surface area contributed by atoms with Crippen molar-refractivity contribution in [3.8, 4) is 0 Å². The molecule has 0 radical (unpaired) electrons.